The summed E-state index contributed by atoms with van der Waals surface area (Å²) >= 11 is 0. The van der Waals surface area contributed by atoms with Gasteiger partial charge in [-0.2, -0.15) is 0 Å². The highest BCUT2D eigenvalue weighted by molar-refractivity contribution is 5.97. The zero-order valence-corrected chi connectivity index (χ0v) is 16.8. The summed E-state index contributed by atoms with van der Waals surface area (Å²) in [5, 5.41) is 8.17. The summed E-state index contributed by atoms with van der Waals surface area (Å²) in [5.41, 5.74) is 3.56. The number of benzene rings is 2. The van der Waals surface area contributed by atoms with Gasteiger partial charge in [0.2, 0.25) is 0 Å². The second-order valence-corrected chi connectivity index (χ2v) is 7.50. The lowest BCUT2D eigenvalue weighted by Crippen LogP contribution is -2.36. The molecule has 0 amide bonds. The summed E-state index contributed by atoms with van der Waals surface area (Å²) in [7, 11) is 0. The number of imidazole rings is 1. The second kappa shape index (κ2) is 7.34. The topological polar surface area (TPSA) is 84.8 Å². The van der Waals surface area contributed by atoms with Crippen LogP contribution in [0.15, 0.2) is 49.2 Å². The van der Waals surface area contributed by atoms with E-state index in [0.29, 0.717) is 30.2 Å². The number of aromatic amines is 1. The zero-order chi connectivity index (χ0) is 21.7. The lowest BCUT2D eigenvalue weighted by Gasteiger charge is -2.29. The lowest BCUT2D eigenvalue weighted by molar-refractivity contribution is 0.122. The molecule has 4 heterocycles. The number of morpholine rings is 1. The highest BCUT2D eigenvalue weighted by Gasteiger charge is 2.20. The van der Waals surface area contributed by atoms with Crippen LogP contribution in [0.5, 0.6) is 0 Å². The van der Waals surface area contributed by atoms with Gasteiger partial charge in [-0.1, -0.05) is 0 Å². The van der Waals surface area contributed by atoms with Crippen LogP contribution in [0.4, 0.5) is 14.5 Å². The molecule has 0 bridgehead atoms. The average molecular weight is 433 g/mol. The summed E-state index contributed by atoms with van der Waals surface area (Å²) in [5.74, 6) is -0.553. The lowest BCUT2D eigenvalue weighted by atomic mass is 10.1. The molecule has 0 saturated carbocycles. The summed E-state index contributed by atoms with van der Waals surface area (Å²) in [4.78, 5) is 13.9. The summed E-state index contributed by atoms with van der Waals surface area (Å²) in [6.45, 7) is 2.75. The van der Waals surface area contributed by atoms with Crippen LogP contribution in [0.1, 0.15) is 0 Å². The SMILES string of the molecule is Fc1ccc(F)c2c(-n3cnc4c(-c5nnc[nH]5)cc(N5CCOCC5)cc43)ccnc12. The van der Waals surface area contributed by atoms with Crippen LogP contribution in [0, 0.1) is 11.6 Å². The predicted molar refractivity (Wildman–Crippen MR) is 115 cm³/mol. The van der Waals surface area contributed by atoms with Gasteiger partial charge in [0.15, 0.2) is 5.82 Å². The third-order valence-corrected chi connectivity index (χ3v) is 5.71. The number of rotatable bonds is 3. The fraction of sp³-hybridized carbons (Fsp3) is 0.182. The number of halogens is 2. The Bertz CT molecular complexity index is 1440. The Labute approximate surface area is 180 Å². The van der Waals surface area contributed by atoms with Gasteiger partial charge in [0.25, 0.3) is 0 Å². The van der Waals surface area contributed by atoms with Crippen molar-refractivity contribution >= 4 is 27.6 Å². The number of nitrogens with one attached hydrogen (secondary N) is 1. The van der Waals surface area contributed by atoms with E-state index in [2.05, 4.69) is 30.0 Å². The number of aromatic nitrogens is 6. The van der Waals surface area contributed by atoms with Crippen molar-refractivity contribution in [3.8, 4) is 17.1 Å². The number of nitrogens with zero attached hydrogens (tertiary/aromatic N) is 6. The van der Waals surface area contributed by atoms with Crippen molar-refractivity contribution < 1.29 is 13.5 Å². The molecule has 1 fully saturated rings. The van der Waals surface area contributed by atoms with E-state index in [1.165, 1.54) is 12.5 Å². The maximum absolute atomic E-state index is 14.8. The average Bonchev–Trinajstić information content (AvgIpc) is 3.51. The third-order valence-electron chi connectivity index (χ3n) is 5.71. The fourth-order valence-corrected chi connectivity index (χ4v) is 4.19. The third kappa shape index (κ3) is 2.91. The molecule has 160 valence electrons. The van der Waals surface area contributed by atoms with Gasteiger partial charge in [0.05, 0.1) is 35.3 Å². The summed E-state index contributed by atoms with van der Waals surface area (Å²) in [6, 6.07) is 7.86. The van der Waals surface area contributed by atoms with E-state index in [4.69, 9.17) is 4.74 Å². The van der Waals surface area contributed by atoms with E-state index in [9.17, 15) is 8.78 Å². The van der Waals surface area contributed by atoms with Crippen LogP contribution in [-0.4, -0.2) is 56.0 Å². The Balaban J connectivity index is 1.64. The molecule has 0 radical (unpaired) electrons. The Morgan fingerprint density at radius 2 is 1.81 bits per heavy atom. The van der Waals surface area contributed by atoms with Gasteiger partial charge in [-0.15, -0.1) is 10.2 Å². The van der Waals surface area contributed by atoms with Crippen molar-refractivity contribution in [2.45, 2.75) is 0 Å². The van der Waals surface area contributed by atoms with E-state index in [-0.39, 0.29) is 10.9 Å². The Morgan fingerprint density at radius 3 is 2.62 bits per heavy atom. The molecule has 8 nitrogen and oxygen atoms in total. The number of hydrogen-bond acceptors (Lipinski definition) is 6. The van der Waals surface area contributed by atoms with Crippen molar-refractivity contribution in [1.29, 1.82) is 0 Å². The van der Waals surface area contributed by atoms with Crippen molar-refractivity contribution in [3.05, 3.63) is 60.8 Å². The van der Waals surface area contributed by atoms with Crippen molar-refractivity contribution in [1.82, 2.24) is 29.7 Å². The highest BCUT2D eigenvalue weighted by atomic mass is 19.1. The largest absolute Gasteiger partial charge is 0.378 e. The van der Waals surface area contributed by atoms with Gasteiger partial charge in [0, 0.05) is 30.5 Å². The Hall–Kier alpha value is -3.92. The molecule has 1 aliphatic heterocycles. The normalized spacial score (nSPS) is 14.5. The Morgan fingerprint density at radius 1 is 0.969 bits per heavy atom. The van der Waals surface area contributed by atoms with Gasteiger partial charge in [-0.05, 0) is 30.3 Å². The first-order valence-corrected chi connectivity index (χ1v) is 10.1. The highest BCUT2D eigenvalue weighted by Crippen LogP contribution is 2.34. The smallest absolute Gasteiger partial charge is 0.163 e. The molecule has 1 aliphatic rings. The maximum Gasteiger partial charge on any atom is 0.163 e. The molecule has 0 spiro atoms. The fourth-order valence-electron chi connectivity index (χ4n) is 4.19. The molecule has 32 heavy (non-hydrogen) atoms. The van der Waals surface area contributed by atoms with Crippen LogP contribution in [0.25, 0.3) is 39.0 Å². The van der Waals surface area contributed by atoms with Gasteiger partial charge in [0.1, 0.15) is 29.8 Å². The standard InChI is InChI=1S/C22H17F2N7O/c23-15-1-2-16(24)21-19(15)17(3-4-25-21)31-12-27-20-14(22-26-11-28-29-22)9-13(10-18(20)31)30-5-7-32-8-6-30/h1-4,9-12H,5-8H2,(H,26,28,29). The summed E-state index contributed by atoms with van der Waals surface area (Å²) < 4.78 is 36.4. The van der Waals surface area contributed by atoms with Gasteiger partial charge >= 0.3 is 0 Å². The molecule has 3 aromatic heterocycles. The predicted octanol–water partition coefficient (Wildman–Crippen LogP) is 3.47. The minimum absolute atomic E-state index is 0.0239. The first-order valence-electron chi connectivity index (χ1n) is 10.1. The molecule has 0 aliphatic carbocycles. The number of H-pyrrole nitrogens is 1. The molecule has 1 N–H and O–H groups in total. The van der Waals surface area contributed by atoms with Gasteiger partial charge in [-0.25, -0.2) is 13.8 Å². The van der Waals surface area contributed by atoms with E-state index >= 15 is 0 Å². The monoisotopic (exact) mass is 433 g/mol. The number of fused-ring (bicyclic) bond motifs is 2. The van der Waals surface area contributed by atoms with Crippen molar-refractivity contribution in [2.24, 2.45) is 0 Å². The molecule has 0 atom stereocenters. The maximum atomic E-state index is 14.8. The van der Waals surface area contributed by atoms with E-state index < -0.39 is 11.6 Å². The minimum atomic E-state index is -0.580. The van der Waals surface area contributed by atoms with E-state index in [1.807, 2.05) is 12.1 Å². The van der Waals surface area contributed by atoms with Crippen LogP contribution in [-0.2, 0) is 4.74 Å². The van der Waals surface area contributed by atoms with Crippen molar-refractivity contribution in [2.75, 3.05) is 31.2 Å². The minimum Gasteiger partial charge on any atom is -0.378 e. The van der Waals surface area contributed by atoms with E-state index in [1.54, 1.807) is 17.0 Å². The molecule has 6 rings (SSSR count). The Kier molecular flexibility index (Phi) is 4.32. The van der Waals surface area contributed by atoms with Crippen LogP contribution < -0.4 is 4.90 Å². The first-order chi connectivity index (χ1) is 15.7. The quantitative estimate of drug-likeness (QED) is 0.469. The molecular weight excluding hydrogens is 416 g/mol. The zero-order valence-electron chi connectivity index (χ0n) is 16.8. The van der Waals surface area contributed by atoms with Crippen LogP contribution in [0.3, 0.4) is 0 Å². The van der Waals surface area contributed by atoms with Gasteiger partial charge in [-0.3, -0.25) is 9.55 Å². The molecule has 5 aromatic rings. The molecule has 1 saturated heterocycles. The van der Waals surface area contributed by atoms with Crippen molar-refractivity contribution in [3.63, 3.8) is 0 Å². The number of hydrogen-bond donors (Lipinski definition) is 1. The number of anilines is 1. The number of ether oxygens (including phenoxy) is 1. The second-order valence-electron chi connectivity index (χ2n) is 7.50. The van der Waals surface area contributed by atoms with Crippen LogP contribution >= 0.6 is 0 Å². The number of pyridine rings is 1. The van der Waals surface area contributed by atoms with E-state index in [0.717, 1.165) is 42.0 Å². The first kappa shape index (κ1) is 18.8. The van der Waals surface area contributed by atoms with Gasteiger partial charge < -0.3 is 14.6 Å². The summed E-state index contributed by atoms with van der Waals surface area (Å²) in [6.07, 6.45) is 4.58. The molecule has 10 heteroatoms. The molecular formula is C22H17F2N7O. The van der Waals surface area contributed by atoms with Crippen LogP contribution in [0.2, 0.25) is 0 Å². The molecule has 2 aromatic carbocycles. The molecule has 0 unspecified atom stereocenters.